The van der Waals surface area contributed by atoms with Crippen molar-refractivity contribution in [2.24, 2.45) is 5.92 Å². The second-order valence-corrected chi connectivity index (χ2v) is 7.81. The molecule has 3 aromatic rings. The number of ether oxygens (including phenoxy) is 1. The van der Waals surface area contributed by atoms with Gasteiger partial charge in [0.2, 0.25) is 5.91 Å². The summed E-state index contributed by atoms with van der Waals surface area (Å²) in [6.45, 7) is 0.462. The number of hydrogen-bond donors (Lipinski definition) is 2. The Balaban J connectivity index is 1.33. The fourth-order valence-corrected chi connectivity index (χ4v) is 3.87. The van der Waals surface area contributed by atoms with Gasteiger partial charge in [-0.3, -0.25) is 4.79 Å². The van der Waals surface area contributed by atoms with Crippen molar-refractivity contribution in [2.45, 2.75) is 31.5 Å². The lowest BCUT2D eigenvalue weighted by Crippen LogP contribution is -2.28. The number of hydrogen-bond acceptors (Lipinski definition) is 5. The molecule has 0 saturated heterocycles. The summed E-state index contributed by atoms with van der Waals surface area (Å²) in [5.41, 5.74) is 1.46. The quantitative estimate of drug-likeness (QED) is 0.645. The number of carbonyl (C=O) groups is 1. The summed E-state index contributed by atoms with van der Waals surface area (Å²) >= 11 is 1.09. The molecule has 6 nitrogen and oxygen atoms in total. The van der Waals surface area contributed by atoms with Crippen molar-refractivity contribution in [2.75, 3.05) is 6.61 Å². The van der Waals surface area contributed by atoms with E-state index >= 15 is 0 Å². The van der Waals surface area contributed by atoms with Gasteiger partial charge < -0.3 is 15.0 Å². The van der Waals surface area contributed by atoms with E-state index in [1.165, 1.54) is 6.07 Å². The van der Waals surface area contributed by atoms with Crippen LogP contribution in [0.15, 0.2) is 30.5 Å². The van der Waals surface area contributed by atoms with Crippen LogP contribution in [-0.4, -0.2) is 33.6 Å². The molecule has 28 heavy (non-hydrogen) atoms. The van der Waals surface area contributed by atoms with E-state index in [1.807, 2.05) is 12.1 Å². The molecule has 1 aliphatic rings. The normalized spacial score (nSPS) is 20.1. The zero-order chi connectivity index (χ0) is 19.9. The monoisotopic (exact) mass is 410 g/mol. The van der Waals surface area contributed by atoms with E-state index in [-0.39, 0.29) is 28.8 Å². The number of halogens is 3. The van der Waals surface area contributed by atoms with Crippen LogP contribution in [0, 0.1) is 5.92 Å². The molecule has 1 aliphatic carbocycles. The van der Waals surface area contributed by atoms with Gasteiger partial charge in [-0.05, 0) is 37.6 Å². The van der Waals surface area contributed by atoms with Gasteiger partial charge >= 0.3 is 6.18 Å². The first-order valence-corrected chi connectivity index (χ1v) is 9.52. The summed E-state index contributed by atoms with van der Waals surface area (Å²) in [6.07, 6.45) is -2.01. The number of fused-ring (bicyclic) bond motifs is 1. The molecule has 2 N–H and O–H groups in total. The fraction of sp³-hybridized carbons (Fsp3) is 0.389. The van der Waals surface area contributed by atoms with Crippen molar-refractivity contribution in [3.8, 4) is 5.06 Å². The predicted molar refractivity (Wildman–Crippen MR) is 97.2 cm³/mol. The van der Waals surface area contributed by atoms with Crippen LogP contribution >= 0.6 is 11.3 Å². The molecule has 0 aromatic carbocycles. The maximum atomic E-state index is 12.5. The molecule has 0 aliphatic heterocycles. The summed E-state index contributed by atoms with van der Waals surface area (Å²) in [4.78, 5) is 25.1. The molecule has 10 heteroatoms. The van der Waals surface area contributed by atoms with E-state index in [0.717, 1.165) is 27.6 Å². The first kappa shape index (κ1) is 18.7. The number of nitrogens with zero attached hydrogens (tertiary/aromatic N) is 2. The highest BCUT2D eigenvalue weighted by atomic mass is 32.1. The molecule has 3 heterocycles. The van der Waals surface area contributed by atoms with Crippen LogP contribution in [0.1, 0.15) is 36.0 Å². The highest BCUT2D eigenvalue weighted by Crippen LogP contribution is 2.47. The molecule has 148 valence electrons. The van der Waals surface area contributed by atoms with Gasteiger partial charge in [0.1, 0.15) is 5.82 Å². The summed E-state index contributed by atoms with van der Waals surface area (Å²) in [5, 5.41) is 3.09. The van der Waals surface area contributed by atoms with Crippen molar-refractivity contribution in [1.82, 2.24) is 20.3 Å². The van der Waals surface area contributed by atoms with Gasteiger partial charge in [-0.1, -0.05) is 0 Å². The van der Waals surface area contributed by atoms with E-state index in [4.69, 9.17) is 4.74 Å². The first-order valence-electron chi connectivity index (χ1n) is 8.70. The average Bonchev–Trinajstić information content (AvgIpc) is 3.11. The van der Waals surface area contributed by atoms with Crippen LogP contribution in [0.25, 0.3) is 11.2 Å². The molecular formula is C18H17F3N4O2S. The lowest BCUT2D eigenvalue weighted by atomic mass is 10.2. The van der Waals surface area contributed by atoms with Crippen molar-refractivity contribution in [3.05, 3.63) is 41.2 Å². The number of rotatable bonds is 6. The number of pyridine rings is 1. The van der Waals surface area contributed by atoms with Crippen LogP contribution in [0.4, 0.5) is 13.2 Å². The Morgan fingerprint density at radius 3 is 3.00 bits per heavy atom. The summed E-state index contributed by atoms with van der Waals surface area (Å²) in [6, 6.07) is 6.52. The first-order chi connectivity index (χ1) is 13.3. The molecule has 3 aromatic heterocycles. The topological polar surface area (TPSA) is 79.9 Å². The number of aromatic nitrogens is 3. The van der Waals surface area contributed by atoms with E-state index < -0.39 is 12.8 Å². The number of amides is 1. The highest BCUT2D eigenvalue weighted by Gasteiger charge is 2.46. The number of aromatic amines is 1. The van der Waals surface area contributed by atoms with E-state index in [0.29, 0.717) is 12.1 Å². The summed E-state index contributed by atoms with van der Waals surface area (Å²) in [5.74, 6) is 0.497. The van der Waals surface area contributed by atoms with Gasteiger partial charge in [0.05, 0.1) is 11.6 Å². The van der Waals surface area contributed by atoms with Gasteiger partial charge in [0.15, 0.2) is 17.3 Å². The average molecular weight is 410 g/mol. The standard InChI is InChI=1S/C18H17F3N4O2S/c1-9(13-4-5-14(28-13)27-8-18(19,20)21)23-17(26)11-7-10(11)15-24-12-3-2-6-22-16(12)25-15/h2-6,9-11H,7-8H2,1H3,(H,23,26)(H,22,24,25)/t9-,10+,11+/m1/s1. The van der Waals surface area contributed by atoms with E-state index in [9.17, 15) is 18.0 Å². The Kier molecular flexibility index (Phi) is 4.74. The minimum absolute atomic E-state index is 0.0235. The van der Waals surface area contributed by atoms with Gasteiger partial charge in [-0.15, -0.1) is 11.3 Å². The Morgan fingerprint density at radius 2 is 2.25 bits per heavy atom. The molecule has 4 rings (SSSR count). The number of imidazole rings is 1. The zero-order valence-electron chi connectivity index (χ0n) is 14.8. The van der Waals surface area contributed by atoms with Crippen LogP contribution in [0.3, 0.4) is 0 Å². The van der Waals surface area contributed by atoms with E-state index in [1.54, 1.807) is 19.2 Å². The number of carbonyl (C=O) groups excluding carboxylic acids is 1. The Hall–Kier alpha value is -2.62. The van der Waals surface area contributed by atoms with Crippen molar-refractivity contribution in [3.63, 3.8) is 0 Å². The third kappa shape index (κ3) is 4.11. The zero-order valence-corrected chi connectivity index (χ0v) is 15.6. The minimum atomic E-state index is -4.38. The second kappa shape index (κ2) is 7.08. The second-order valence-electron chi connectivity index (χ2n) is 6.74. The van der Waals surface area contributed by atoms with Gasteiger partial charge in [0.25, 0.3) is 0 Å². The van der Waals surface area contributed by atoms with Crippen molar-refractivity contribution >= 4 is 28.4 Å². The van der Waals surface area contributed by atoms with Gasteiger partial charge in [-0.25, -0.2) is 9.97 Å². The third-order valence-electron chi connectivity index (χ3n) is 4.52. The molecule has 0 unspecified atom stereocenters. The van der Waals surface area contributed by atoms with Crippen LogP contribution < -0.4 is 10.1 Å². The summed E-state index contributed by atoms with van der Waals surface area (Å²) < 4.78 is 41.4. The predicted octanol–water partition coefficient (Wildman–Crippen LogP) is 3.94. The largest absolute Gasteiger partial charge is 0.475 e. The lowest BCUT2D eigenvalue weighted by Gasteiger charge is -2.12. The number of nitrogens with one attached hydrogen (secondary N) is 2. The van der Waals surface area contributed by atoms with Gasteiger partial charge in [-0.2, -0.15) is 13.2 Å². The smallest absolute Gasteiger partial charge is 0.422 e. The Morgan fingerprint density at radius 1 is 1.43 bits per heavy atom. The van der Waals surface area contributed by atoms with Crippen LogP contribution in [-0.2, 0) is 4.79 Å². The third-order valence-corrected chi connectivity index (χ3v) is 5.70. The molecule has 0 spiro atoms. The lowest BCUT2D eigenvalue weighted by molar-refractivity contribution is -0.152. The maximum Gasteiger partial charge on any atom is 0.422 e. The molecule has 3 atom stereocenters. The van der Waals surface area contributed by atoms with Crippen LogP contribution in [0.5, 0.6) is 5.06 Å². The van der Waals surface area contributed by atoms with Crippen molar-refractivity contribution < 1.29 is 22.7 Å². The van der Waals surface area contributed by atoms with Crippen LogP contribution in [0.2, 0.25) is 0 Å². The maximum absolute atomic E-state index is 12.5. The molecule has 0 radical (unpaired) electrons. The summed E-state index contributed by atoms with van der Waals surface area (Å²) in [7, 11) is 0. The number of thiophene rings is 1. The van der Waals surface area contributed by atoms with Crippen molar-refractivity contribution in [1.29, 1.82) is 0 Å². The molecular weight excluding hydrogens is 393 g/mol. The Labute approximate surface area is 162 Å². The van der Waals surface area contributed by atoms with Gasteiger partial charge in [0, 0.05) is 22.9 Å². The Bertz CT molecular complexity index is 967. The molecule has 0 bridgehead atoms. The van der Waals surface area contributed by atoms with E-state index in [2.05, 4.69) is 20.3 Å². The number of alkyl halides is 3. The highest BCUT2D eigenvalue weighted by molar-refractivity contribution is 7.13. The minimum Gasteiger partial charge on any atom is -0.475 e. The molecule has 1 amide bonds. The fourth-order valence-electron chi connectivity index (χ4n) is 3.02. The molecule has 1 saturated carbocycles. The molecule has 1 fully saturated rings. The number of H-pyrrole nitrogens is 1. The SMILES string of the molecule is C[C@@H](NC(=O)[C@H]1C[C@@H]1c1nc2ncccc2[nH]1)c1ccc(OCC(F)(F)F)s1.